The van der Waals surface area contributed by atoms with Crippen LogP contribution in [0.1, 0.15) is 9.67 Å². The molecule has 0 atom stereocenters. The number of nitro benzene ring substituents is 1. The van der Waals surface area contributed by atoms with Crippen molar-refractivity contribution in [1.29, 1.82) is 0 Å². The molecule has 8 nitrogen and oxygen atoms in total. The van der Waals surface area contributed by atoms with Crippen LogP contribution in [0.15, 0.2) is 53.4 Å². The van der Waals surface area contributed by atoms with Gasteiger partial charge in [-0.05, 0) is 24.3 Å². The van der Waals surface area contributed by atoms with E-state index in [1.165, 1.54) is 28.2 Å². The molecule has 2 heterocycles. The van der Waals surface area contributed by atoms with E-state index in [0.717, 1.165) is 27.1 Å². The van der Waals surface area contributed by atoms with Crippen LogP contribution in [0.3, 0.4) is 0 Å². The van der Waals surface area contributed by atoms with Crippen molar-refractivity contribution in [3.05, 3.63) is 63.5 Å². The molecular formula is C20H17N3O5S3. The molecule has 2 aromatic carbocycles. The van der Waals surface area contributed by atoms with Gasteiger partial charge in [0.05, 0.1) is 19.4 Å². The number of carbonyl (C=O) groups excluding carboxylic acids is 1. The number of rotatable bonds is 7. The molecule has 0 aliphatic carbocycles. The summed E-state index contributed by atoms with van der Waals surface area (Å²) in [5.41, 5.74) is -0.144. The average molecular weight is 476 g/mol. The number of nitro groups is 1. The molecule has 0 spiro atoms. The first-order chi connectivity index (χ1) is 14.7. The van der Waals surface area contributed by atoms with Crippen LogP contribution in [0.5, 0.6) is 0 Å². The molecule has 0 saturated carbocycles. The molecule has 0 bridgehead atoms. The molecule has 160 valence electrons. The third-order valence-electron chi connectivity index (χ3n) is 4.59. The van der Waals surface area contributed by atoms with E-state index in [1.807, 2.05) is 24.3 Å². The predicted molar refractivity (Wildman–Crippen MR) is 124 cm³/mol. The van der Waals surface area contributed by atoms with Gasteiger partial charge < -0.3 is 10.6 Å². The standard InChI is InChI=1S/C20H17N3O5S3/c1-31(27,28)12-6-7-14(15(10-12)23(25)26)21-8-9-22-20(24)18-11-17-19(30-18)13-4-2-3-5-16(13)29-17/h2-7,10-11,21H,8-9H2,1H3,(H,22,24). The van der Waals surface area contributed by atoms with E-state index in [4.69, 9.17) is 0 Å². The minimum atomic E-state index is -3.55. The minimum absolute atomic E-state index is 0.122. The summed E-state index contributed by atoms with van der Waals surface area (Å²) in [4.78, 5) is 23.6. The van der Waals surface area contributed by atoms with Gasteiger partial charge in [0.2, 0.25) is 0 Å². The topological polar surface area (TPSA) is 118 Å². The van der Waals surface area contributed by atoms with Gasteiger partial charge in [-0.2, -0.15) is 0 Å². The lowest BCUT2D eigenvalue weighted by Gasteiger charge is -2.09. The van der Waals surface area contributed by atoms with Gasteiger partial charge in [0.25, 0.3) is 11.6 Å². The summed E-state index contributed by atoms with van der Waals surface area (Å²) in [6, 6.07) is 13.6. The Labute approximate surface area is 185 Å². The summed E-state index contributed by atoms with van der Waals surface area (Å²) in [6.07, 6.45) is 0.992. The predicted octanol–water partition coefficient (Wildman–Crippen LogP) is 4.27. The molecule has 0 saturated heterocycles. The fraction of sp³-hybridized carbons (Fsp3) is 0.150. The monoisotopic (exact) mass is 475 g/mol. The molecule has 11 heteroatoms. The van der Waals surface area contributed by atoms with Crippen molar-refractivity contribution in [2.75, 3.05) is 24.7 Å². The van der Waals surface area contributed by atoms with Crippen LogP contribution in [-0.2, 0) is 9.84 Å². The molecule has 0 aliphatic heterocycles. The minimum Gasteiger partial charge on any atom is -0.378 e. The van der Waals surface area contributed by atoms with Crippen LogP contribution in [0.4, 0.5) is 11.4 Å². The molecule has 2 aromatic heterocycles. The van der Waals surface area contributed by atoms with Crippen LogP contribution in [0, 0.1) is 10.1 Å². The summed E-state index contributed by atoms with van der Waals surface area (Å²) in [5, 5.41) is 18.1. The third kappa shape index (κ3) is 4.38. The fourth-order valence-electron chi connectivity index (χ4n) is 3.11. The van der Waals surface area contributed by atoms with Gasteiger partial charge in [0.15, 0.2) is 9.84 Å². The van der Waals surface area contributed by atoms with Gasteiger partial charge >= 0.3 is 0 Å². The van der Waals surface area contributed by atoms with E-state index in [-0.39, 0.29) is 35.3 Å². The number of nitrogens with one attached hydrogen (secondary N) is 2. The van der Waals surface area contributed by atoms with Gasteiger partial charge in [-0.25, -0.2) is 8.42 Å². The number of carbonyl (C=O) groups is 1. The number of thiophene rings is 2. The van der Waals surface area contributed by atoms with Crippen molar-refractivity contribution in [3.63, 3.8) is 0 Å². The number of benzene rings is 2. The Morgan fingerprint density at radius 3 is 2.58 bits per heavy atom. The smallest absolute Gasteiger partial charge is 0.293 e. The van der Waals surface area contributed by atoms with E-state index in [1.54, 1.807) is 11.3 Å². The molecule has 1 amide bonds. The largest absolute Gasteiger partial charge is 0.378 e. The first kappa shape index (κ1) is 21.2. The first-order valence-corrected chi connectivity index (χ1v) is 12.7. The Morgan fingerprint density at radius 2 is 1.84 bits per heavy atom. The van der Waals surface area contributed by atoms with Crippen molar-refractivity contribution in [2.24, 2.45) is 0 Å². The second kappa shape index (κ2) is 8.25. The Kier molecular flexibility index (Phi) is 5.65. The van der Waals surface area contributed by atoms with Crippen LogP contribution in [-0.4, -0.2) is 38.6 Å². The molecule has 0 aliphatic rings. The number of amides is 1. The Balaban J connectivity index is 1.40. The highest BCUT2D eigenvalue weighted by Gasteiger charge is 2.19. The Hall–Kier alpha value is -3.02. The van der Waals surface area contributed by atoms with Crippen LogP contribution < -0.4 is 10.6 Å². The number of hydrogen-bond donors (Lipinski definition) is 2. The molecule has 31 heavy (non-hydrogen) atoms. The Morgan fingerprint density at radius 1 is 1.06 bits per heavy atom. The SMILES string of the molecule is CS(=O)(=O)c1ccc(NCCNC(=O)c2cc3sc4ccccc4c3s2)c([N+](=O)[O-])c1. The summed E-state index contributed by atoms with van der Waals surface area (Å²) in [5.74, 6) is -0.207. The van der Waals surface area contributed by atoms with Crippen molar-refractivity contribution in [2.45, 2.75) is 4.90 Å². The quantitative estimate of drug-likeness (QED) is 0.234. The van der Waals surface area contributed by atoms with Gasteiger partial charge in [-0.15, -0.1) is 22.7 Å². The average Bonchev–Trinajstić information content (AvgIpc) is 3.28. The van der Waals surface area contributed by atoms with Crippen LogP contribution in [0.25, 0.3) is 19.5 Å². The zero-order valence-electron chi connectivity index (χ0n) is 16.2. The summed E-state index contributed by atoms with van der Waals surface area (Å²) < 4.78 is 26.6. The van der Waals surface area contributed by atoms with Gasteiger partial charge in [0, 0.05) is 40.2 Å². The maximum Gasteiger partial charge on any atom is 0.293 e. The van der Waals surface area contributed by atoms with Gasteiger partial charge in [-0.1, -0.05) is 18.2 Å². The summed E-state index contributed by atoms with van der Waals surface area (Å²) >= 11 is 3.08. The normalized spacial score (nSPS) is 11.6. The first-order valence-electron chi connectivity index (χ1n) is 9.15. The number of fused-ring (bicyclic) bond motifs is 3. The van der Waals surface area contributed by atoms with E-state index in [9.17, 15) is 23.3 Å². The zero-order chi connectivity index (χ0) is 22.2. The molecule has 4 aromatic rings. The number of hydrogen-bond acceptors (Lipinski definition) is 8. The maximum atomic E-state index is 12.5. The number of sulfone groups is 1. The molecule has 4 rings (SSSR count). The van der Waals surface area contributed by atoms with E-state index in [2.05, 4.69) is 16.7 Å². The molecule has 0 radical (unpaired) electrons. The van der Waals surface area contributed by atoms with E-state index >= 15 is 0 Å². The second-order valence-electron chi connectivity index (χ2n) is 6.79. The zero-order valence-corrected chi connectivity index (χ0v) is 18.7. The number of nitrogens with zero attached hydrogens (tertiary/aromatic N) is 1. The highest BCUT2D eigenvalue weighted by molar-refractivity contribution is 7.90. The van der Waals surface area contributed by atoms with Crippen molar-refractivity contribution >= 4 is 69.3 Å². The highest BCUT2D eigenvalue weighted by atomic mass is 32.2. The molecule has 0 fully saturated rings. The molecule has 2 N–H and O–H groups in total. The lowest BCUT2D eigenvalue weighted by atomic mass is 10.2. The van der Waals surface area contributed by atoms with Crippen LogP contribution >= 0.6 is 22.7 Å². The lowest BCUT2D eigenvalue weighted by molar-refractivity contribution is -0.384. The van der Waals surface area contributed by atoms with E-state index in [0.29, 0.717) is 4.88 Å². The maximum absolute atomic E-state index is 12.5. The highest BCUT2D eigenvalue weighted by Crippen LogP contribution is 2.39. The Bertz CT molecular complexity index is 1420. The lowest BCUT2D eigenvalue weighted by Crippen LogP contribution is -2.28. The van der Waals surface area contributed by atoms with Crippen molar-refractivity contribution in [1.82, 2.24) is 5.32 Å². The molecular weight excluding hydrogens is 458 g/mol. The summed E-state index contributed by atoms with van der Waals surface area (Å²) in [7, 11) is -3.55. The van der Waals surface area contributed by atoms with Gasteiger partial charge in [-0.3, -0.25) is 14.9 Å². The van der Waals surface area contributed by atoms with Crippen molar-refractivity contribution in [3.8, 4) is 0 Å². The van der Waals surface area contributed by atoms with Gasteiger partial charge in [0.1, 0.15) is 5.69 Å². The third-order valence-corrected chi connectivity index (χ3v) is 8.12. The van der Waals surface area contributed by atoms with Crippen LogP contribution in [0.2, 0.25) is 0 Å². The fourth-order valence-corrected chi connectivity index (χ4v) is 6.20. The number of anilines is 1. The summed E-state index contributed by atoms with van der Waals surface area (Å²) in [6.45, 7) is 0.490. The second-order valence-corrected chi connectivity index (χ2v) is 10.9. The van der Waals surface area contributed by atoms with Crippen molar-refractivity contribution < 1.29 is 18.1 Å². The molecule has 0 unspecified atom stereocenters. The van der Waals surface area contributed by atoms with E-state index < -0.39 is 14.8 Å².